The molecule has 0 saturated heterocycles. The molecule has 0 radical (unpaired) electrons. The minimum absolute atomic E-state index is 0.155. The van der Waals surface area contributed by atoms with E-state index in [1.807, 2.05) is 0 Å². The van der Waals surface area contributed by atoms with Crippen LogP contribution in [0, 0.1) is 6.92 Å². The molecule has 1 heteroatoms. The van der Waals surface area contributed by atoms with E-state index in [-0.39, 0.29) is 6.04 Å². The first-order valence-corrected chi connectivity index (χ1v) is 8.14. The second kappa shape index (κ2) is 6.44. The van der Waals surface area contributed by atoms with Gasteiger partial charge in [0.2, 0.25) is 0 Å². The maximum Gasteiger partial charge on any atom is 0.0300 e. The van der Waals surface area contributed by atoms with Crippen molar-refractivity contribution in [2.45, 2.75) is 51.0 Å². The predicted molar refractivity (Wildman–Crippen MR) is 89.5 cm³/mol. The third-order valence-electron chi connectivity index (χ3n) is 4.77. The maximum absolute atomic E-state index is 6.50. The van der Waals surface area contributed by atoms with Crippen molar-refractivity contribution in [2.24, 2.45) is 5.73 Å². The highest BCUT2D eigenvalue weighted by atomic mass is 14.6. The van der Waals surface area contributed by atoms with Gasteiger partial charge >= 0.3 is 0 Å². The second-order valence-corrected chi connectivity index (χ2v) is 6.39. The summed E-state index contributed by atoms with van der Waals surface area (Å²) in [6.07, 6.45) is 6.12. The van der Waals surface area contributed by atoms with Crippen LogP contribution in [0.2, 0.25) is 0 Å². The van der Waals surface area contributed by atoms with Gasteiger partial charge in [-0.25, -0.2) is 0 Å². The first kappa shape index (κ1) is 14.3. The topological polar surface area (TPSA) is 26.0 Å². The van der Waals surface area contributed by atoms with E-state index in [1.54, 1.807) is 0 Å². The molecular weight excluding hydrogens is 254 g/mol. The third-order valence-corrected chi connectivity index (χ3v) is 4.77. The maximum atomic E-state index is 6.50. The number of hydrogen-bond donors (Lipinski definition) is 1. The first-order chi connectivity index (χ1) is 10.2. The van der Waals surface area contributed by atoms with Crippen LogP contribution in [0.15, 0.2) is 48.5 Å². The average Bonchev–Trinajstić information content (AvgIpc) is 2.44. The molecule has 1 nitrogen and oxygen atoms in total. The van der Waals surface area contributed by atoms with Crippen molar-refractivity contribution in [3.05, 3.63) is 70.8 Å². The fourth-order valence-electron chi connectivity index (χ4n) is 3.28. The van der Waals surface area contributed by atoms with Crippen molar-refractivity contribution in [1.29, 1.82) is 0 Å². The number of aryl methyl sites for hydroxylation is 2. The van der Waals surface area contributed by atoms with Gasteiger partial charge in [0.15, 0.2) is 0 Å². The summed E-state index contributed by atoms with van der Waals surface area (Å²) in [5.41, 5.74) is 12.1. The summed E-state index contributed by atoms with van der Waals surface area (Å²) in [5.74, 6) is 0.756. The predicted octanol–water partition coefficient (Wildman–Crippen LogP) is 4.90. The first-order valence-electron chi connectivity index (χ1n) is 8.14. The van der Waals surface area contributed by atoms with Crippen LogP contribution in [0.25, 0.3) is 0 Å². The van der Waals surface area contributed by atoms with Crippen molar-refractivity contribution >= 4 is 0 Å². The summed E-state index contributed by atoms with van der Waals surface area (Å²) >= 11 is 0. The van der Waals surface area contributed by atoms with Gasteiger partial charge in [-0.15, -0.1) is 0 Å². The molecular formula is C20H25N. The van der Waals surface area contributed by atoms with Crippen molar-refractivity contribution in [3.63, 3.8) is 0 Å². The van der Waals surface area contributed by atoms with E-state index in [1.165, 1.54) is 41.5 Å². The Labute approximate surface area is 128 Å². The van der Waals surface area contributed by atoms with Gasteiger partial charge in [-0.1, -0.05) is 60.5 Å². The van der Waals surface area contributed by atoms with E-state index in [9.17, 15) is 0 Å². The monoisotopic (exact) mass is 279 g/mol. The van der Waals surface area contributed by atoms with E-state index < -0.39 is 0 Å². The fraction of sp³-hybridized carbons (Fsp3) is 0.400. The van der Waals surface area contributed by atoms with Crippen LogP contribution >= 0.6 is 0 Å². The zero-order valence-corrected chi connectivity index (χ0v) is 12.9. The zero-order valence-electron chi connectivity index (χ0n) is 12.9. The Balaban J connectivity index is 1.69. The highest BCUT2D eigenvalue weighted by molar-refractivity contribution is 5.34. The molecule has 1 unspecified atom stereocenters. The van der Waals surface area contributed by atoms with Crippen LogP contribution in [0.1, 0.15) is 59.9 Å². The molecule has 2 aromatic rings. The lowest BCUT2D eigenvalue weighted by Crippen LogP contribution is -2.18. The van der Waals surface area contributed by atoms with E-state index >= 15 is 0 Å². The largest absolute Gasteiger partial charge is 0.324 e. The molecule has 0 spiro atoms. The quantitative estimate of drug-likeness (QED) is 0.828. The summed E-state index contributed by atoms with van der Waals surface area (Å²) in [6, 6.07) is 17.7. The van der Waals surface area contributed by atoms with Crippen LogP contribution in [0.4, 0.5) is 0 Å². The molecule has 0 aromatic heterocycles. The summed E-state index contributed by atoms with van der Waals surface area (Å²) in [6.45, 7) is 2.15. The van der Waals surface area contributed by atoms with Crippen molar-refractivity contribution in [1.82, 2.24) is 0 Å². The number of hydrogen-bond acceptors (Lipinski definition) is 1. The lowest BCUT2D eigenvalue weighted by Gasteiger charge is -2.29. The number of nitrogens with two attached hydrogens (primary N) is 1. The lowest BCUT2D eigenvalue weighted by atomic mass is 9.77. The van der Waals surface area contributed by atoms with Gasteiger partial charge in [0.1, 0.15) is 0 Å². The van der Waals surface area contributed by atoms with Crippen LogP contribution in [-0.2, 0) is 6.42 Å². The second-order valence-electron chi connectivity index (χ2n) is 6.39. The Morgan fingerprint density at radius 1 is 1.10 bits per heavy atom. The average molecular weight is 279 g/mol. The number of benzene rings is 2. The molecule has 0 aliphatic heterocycles. The summed E-state index contributed by atoms with van der Waals surface area (Å²) in [7, 11) is 0. The molecule has 1 aliphatic rings. The smallest absolute Gasteiger partial charge is 0.0300 e. The van der Waals surface area contributed by atoms with E-state index in [0.717, 1.165) is 18.8 Å². The standard InChI is InChI=1S/C20H25N/c1-15-6-4-7-16(14-15)12-13-20(21)19-11-3-2-10-18(19)17-8-5-9-17/h2-4,6-7,10-11,14,17,20H,5,8-9,12-13,21H2,1H3. The molecule has 110 valence electrons. The van der Waals surface area contributed by atoms with Gasteiger partial charge in [0.05, 0.1) is 0 Å². The van der Waals surface area contributed by atoms with Crippen molar-refractivity contribution in [2.75, 3.05) is 0 Å². The number of rotatable bonds is 5. The van der Waals surface area contributed by atoms with Gasteiger partial charge in [0.25, 0.3) is 0 Å². The molecule has 2 aromatic carbocycles. The van der Waals surface area contributed by atoms with Gasteiger partial charge in [-0.3, -0.25) is 0 Å². The Hall–Kier alpha value is -1.60. The Kier molecular flexibility index (Phi) is 4.40. The molecule has 0 amide bonds. The molecule has 2 N–H and O–H groups in total. The third kappa shape index (κ3) is 3.36. The summed E-state index contributed by atoms with van der Waals surface area (Å²) in [4.78, 5) is 0. The van der Waals surface area contributed by atoms with Gasteiger partial charge < -0.3 is 5.73 Å². The molecule has 1 atom stereocenters. The zero-order chi connectivity index (χ0) is 14.7. The lowest BCUT2D eigenvalue weighted by molar-refractivity contribution is 0.414. The Bertz CT molecular complexity index is 598. The van der Waals surface area contributed by atoms with Crippen LogP contribution in [0.3, 0.4) is 0 Å². The summed E-state index contributed by atoms with van der Waals surface area (Å²) < 4.78 is 0. The van der Waals surface area contributed by atoms with E-state index in [2.05, 4.69) is 55.5 Å². The van der Waals surface area contributed by atoms with E-state index in [4.69, 9.17) is 5.73 Å². The highest BCUT2D eigenvalue weighted by Crippen LogP contribution is 2.39. The molecule has 1 saturated carbocycles. The molecule has 21 heavy (non-hydrogen) atoms. The molecule has 1 aliphatic carbocycles. The van der Waals surface area contributed by atoms with Gasteiger partial charge in [0, 0.05) is 6.04 Å². The normalized spacial score (nSPS) is 16.5. The fourth-order valence-corrected chi connectivity index (χ4v) is 3.28. The Morgan fingerprint density at radius 3 is 2.62 bits per heavy atom. The molecule has 1 fully saturated rings. The minimum Gasteiger partial charge on any atom is -0.324 e. The van der Waals surface area contributed by atoms with Crippen LogP contribution < -0.4 is 5.73 Å². The summed E-state index contributed by atoms with van der Waals surface area (Å²) in [5, 5.41) is 0. The molecule has 0 bridgehead atoms. The van der Waals surface area contributed by atoms with Crippen molar-refractivity contribution < 1.29 is 0 Å². The SMILES string of the molecule is Cc1cccc(CCC(N)c2ccccc2C2CCC2)c1. The molecule has 0 heterocycles. The van der Waals surface area contributed by atoms with Crippen LogP contribution in [0.5, 0.6) is 0 Å². The van der Waals surface area contributed by atoms with Gasteiger partial charge in [-0.05, 0) is 55.2 Å². The Morgan fingerprint density at radius 2 is 1.90 bits per heavy atom. The highest BCUT2D eigenvalue weighted by Gasteiger charge is 2.23. The van der Waals surface area contributed by atoms with Crippen LogP contribution in [-0.4, -0.2) is 0 Å². The van der Waals surface area contributed by atoms with Gasteiger partial charge in [-0.2, -0.15) is 0 Å². The van der Waals surface area contributed by atoms with Crippen molar-refractivity contribution in [3.8, 4) is 0 Å². The molecule has 3 rings (SSSR count). The van der Waals surface area contributed by atoms with E-state index in [0.29, 0.717) is 0 Å². The minimum atomic E-state index is 0.155.